The zero-order chi connectivity index (χ0) is 18.4. The van der Waals surface area contributed by atoms with Gasteiger partial charge in [-0.05, 0) is 37.7 Å². The van der Waals surface area contributed by atoms with Gasteiger partial charge in [-0.2, -0.15) is 0 Å². The fourth-order valence-corrected chi connectivity index (χ4v) is 3.17. The molecule has 1 aromatic carbocycles. The molecule has 26 heavy (non-hydrogen) atoms. The van der Waals surface area contributed by atoms with E-state index in [2.05, 4.69) is 17.3 Å². The van der Waals surface area contributed by atoms with Crippen LogP contribution in [0.4, 0.5) is 0 Å². The number of likely N-dealkylation sites (N-methyl/N-ethyl adjacent to an activating group) is 1. The summed E-state index contributed by atoms with van der Waals surface area (Å²) in [6, 6.07) is 12.4. The van der Waals surface area contributed by atoms with Crippen molar-refractivity contribution < 1.29 is 14.0 Å². The van der Waals surface area contributed by atoms with Crippen molar-refractivity contribution in [2.24, 2.45) is 0 Å². The minimum atomic E-state index is -0.613. The van der Waals surface area contributed by atoms with Crippen LogP contribution < -0.4 is 5.32 Å². The van der Waals surface area contributed by atoms with Crippen LogP contribution in [0.3, 0.4) is 0 Å². The molecule has 2 amide bonds. The number of hydrogen-bond acceptors (Lipinski definition) is 4. The van der Waals surface area contributed by atoms with E-state index >= 15 is 0 Å². The van der Waals surface area contributed by atoms with Crippen LogP contribution in [0.15, 0.2) is 53.1 Å². The lowest BCUT2D eigenvalue weighted by Crippen LogP contribution is -2.50. The molecule has 6 heteroatoms. The van der Waals surface area contributed by atoms with Crippen LogP contribution in [0.1, 0.15) is 22.5 Å². The lowest BCUT2D eigenvalue weighted by molar-refractivity contribution is -0.133. The van der Waals surface area contributed by atoms with Gasteiger partial charge in [-0.3, -0.25) is 9.59 Å². The summed E-state index contributed by atoms with van der Waals surface area (Å²) in [5.41, 5.74) is 1.01. The van der Waals surface area contributed by atoms with Gasteiger partial charge < -0.3 is 19.5 Å². The largest absolute Gasteiger partial charge is 0.459 e. The van der Waals surface area contributed by atoms with Gasteiger partial charge in [0.15, 0.2) is 5.76 Å². The number of carbonyl (C=O) groups is 2. The van der Waals surface area contributed by atoms with Gasteiger partial charge in [0.1, 0.15) is 6.04 Å². The Balaban J connectivity index is 1.75. The third kappa shape index (κ3) is 4.73. The summed E-state index contributed by atoms with van der Waals surface area (Å²) in [6.07, 6.45) is 2.85. The molecule has 0 radical (unpaired) electrons. The third-order valence-corrected chi connectivity index (χ3v) is 4.66. The van der Waals surface area contributed by atoms with Gasteiger partial charge in [0.05, 0.1) is 6.26 Å². The SMILES string of the molecule is CN1CCCN(C(=O)C(Cc2ccccc2)NC(=O)c2ccco2)CC1. The number of benzene rings is 1. The van der Waals surface area contributed by atoms with Crippen LogP contribution in [0.5, 0.6) is 0 Å². The number of nitrogens with zero attached hydrogens (tertiary/aromatic N) is 2. The molecule has 0 aliphatic carbocycles. The van der Waals surface area contributed by atoms with Crippen LogP contribution in [0.25, 0.3) is 0 Å². The molecule has 1 atom stereocenters. The molecule has 0 spiro atoms. The maximum atomic E-state index is 13.1. The molecule has 138 valence electrons. The van der Waals surface area contributed by atoms with Crippen molar-refractivity contribution in [1.82, 2.24) is 15.1 Å². The number of nitrogens with one attached hydrogen (secondary N) is 1. The zero-order valence-electron chi connectivity index (χ0n) is 15.1. The Labute approximate surface area is 153 Å². The van der Waals surface area contributed by atoms with Crippen molar-refractivity contribution in [3.8, 4) is 0 Å². The first kappa shape index (κ1) is 18.2. The second kappa shape index (κ2) is 8.67. The normalized spacial score (nSPS) is 16.7. The molecule has 3 rings (SSSR count). The molecule has 1 aromatic heterocycles. The van der Waals surface area contributed by atoms with Crippen molar-refractivity contribution in [2.45, 2.75) is 18.9 Å². The van der Waals surface area contributed by atoms with Gasteiger partial charge >= 0.3 is 0 Å². The first-order valence-electron chi connectivity index (χ1n) is 8.99. The van der Waals surface area contributed by atoms with Gasteiger partial charge in [0.25, 0.3) is 5.91 Å². The van der Waals surface area contributed by atoms with E-state index < -0.39 is 6.04 Å². The minimum Gasteiger partial charge on any atom is -0.459 e. The number of amides is 2. The van der Waals surface area contributed by atoms with E-state index in [0.29, 0.717) is 19.5 Å². The molecule has 0 saturated carbocycles. The average Bonchev–Trinajstić information content (AvgIpc) is 3.11. The number of carbonyl (C=O) groups excluding carboxylic acids is 2. The Morgan fingerprint density at radius 2 is 1.88 bits per heavy atom. The molecule has 1 unspecified atom stereocenters. The highest BCUT2D eigenvalue weighted by Gasteiger charge is 2.28. The molecule has 1 saturated heterocycles. The lowest BCUT2D eigenvalue weighted by Gasteiger charge is -2.26. The molecular formula is C20H25N3O3. The first-order chi connectivity index (χ1) is 12.6. The third-order valence-electron chi connectivity index (χ3n) is 4.66. The highest BCUT2D eigenvalue weighted by atomic mass is 16.3. The highest BCUT2D eigenvalue weighted by molar-refractivity contribution is 5.95. The predicted octanol–water partition coefficient (Wildman–Crippen LogP) is 1.78. The summed E-state index contributed by atoms with van der Waals surface area (Å²) in [6.45, 7) is 3.21. The second-order valence-corrected chi connectivity index (χ2v) is 6.68. The van der Waals surface area contributed by atoms with E-state index in [1.54, 1.807) is 12.1 Å². The van der Waals surface area contributed by atoms with E-state index in [1.165, 1.54) is 6.26 Å². The van der Waals surface area contributed by atoms with Gasteiger partial charge in [0, 0.05) is 26.1 Å². The fraction of sp³-hybridized carbons (Fsp3) is 0.400. The predicted molar refractivity (Wildman–Crippen MR) is 98.8 cm³/mol. The summed E-state index contributed by atoms with van der Waals surface area (Å²) >= 11 is 0. The second-order valence-electron chi connectivity index (χ2n) is 6.68. The van der Waals surface area contributed by atoms with E-state index in [4.69, 9.17) is 4.42 Å². The number of rotatable bonds is 5. The highest BCUT2D eigenvalue weighted by Crippen LogP contribution is 2.10. The molecule has 1 aliphatic heterocycles. The van der Waals surface area contributed by atoms with E-state index in [1.807, 2.05) is 35.2 Å². The van der Waals surface area contributed by atoms with Gasteiger partial charge in [-0.15, -0.1) is 0 Å². The van der Waals surface area contributed by atoms with Crippen molar-refractivity contribution in [2.75, 3.05) is 33.2 Å². The Morgan fingerprint density at radius 3 is 2.62 bits per heavy atom. The van der Waals surface area contributed by atoms with E-state index in [0.717, 1.165) is 25.1 Å². The van der Waals surface area contributed by atoms with Crippen molar-refractivity contribution in [3.63, 3.8) is 0 Å². The van der Waals surface area contributed by atoms with Crippen LogP contribution in [-0.2, 0) is 11.2 Å². The maximum absolute atomic E-state index is 13.1. The Morgan fingerprint density at radius 1 is 1.08 bits per heavy atom. The van der Waals surface area contributed by atoms with E-state index in [-0.39, 0.29) is 17.6 Å². The minimum absolute atomic E-state index is 0.0379. The summed E-state index contributed by atoms with van der Waals surface area (Å²) in [5.74, 6) is -0.188. The van der Waals surface area contributed by atoms with Crippen molar-refractivity contribution in [3.05, 3.63) is 60.1 Å². The average molecular weight is 355 g/mol. The van der Waals surface area contributed by atoms with Crippen molar-refractivity contribution >= 4 is 11.8 Å². The number of furan rings is 1. The lowest BCUT2D eigenvalue weighted by atomic mass is 10.0. The van der Waals surface area contributed by atoms with Crippen LogP contribution in [0.2, 0.25) is 0 Å². The zero-order valence-corrected chi connectivity index (χ0v) is 15.1. The Bertz CT molecular complexity index is 715. The quantitative estimate of drug-likeness (QED) is 0.888. The maximum Gasteiger partial charge on any atom is 0.287 e. The van der Waals surface area contributed by atoms with E-state index in [9.17, 15) is 9.59 Å². The summed E-state index contributed by atoms with van der Waals surface area (Å²) in [7, 11) is 2.06. The summed E-state index contributed by atoms with van der Waals surface area (Å²) < 4.78 is 5.16. The molecule has 2 aromatic rings. The molecule has 2 heterocycles. The van der Waals surface area contributed by atoms with Crippen LogP contribution >= 0.6 is 0 Å². The molecular weight excluding hydrogens is 330 g/mol. The standard InChI is InChI=1S/C20H25N3O3/c1-22-10-6-11-23(13-12-22)20(25)17(15-16-7-3-2-4-8-16)21-19(24)18-9-5-14-26-18/h2-5,7-9,14,17H,6,10-13,15H2,1H3,(H,21,24). The molecule has 1 aliphatic rings. The van der Waals surface area contributed by atoms with Crippen molar-refractivity contribution in [1.29, 1.82) is 0 Å². The summed E-state index contributed by atoms with van der Waals surface area (Å²) in [4.78, 5) is 29.6. The summed E-state index contributed by atoms with van der Waals surface area (Å²) in [5, 5.41) is 2.86. The first-order valence-corrected chi connectivity index (χ1v) is 8.99. The molecule has 1 N–H and O–H groups in total. The molecule has 1 fully saturated rings. The smallest absolute Gasteiger partial charge is 0.287 e. The van der Waals surface area contributed by atoms with Gasteiger partial charge in [-0.1, -0.05) is 30.3 Å². The van der Waals surface area contributed by atoms with Gasteiger partial charge in [0.2, 0.25) is 5.91 Å². The fourth-order valence-electron chi connectivity index (χ4n) is 3.17. The molecule has 0 bridgehead atoms. The topological polar surface area (TPSA) is 65.8 Å². The molecule has 6 nitrogen and oxygen atoms in total. The number of hydrogen-bond donors (Lipinski definition) is 1. The Kier molecular flexibility index (Phi) is 6.07. The van der Waals surface area contributed by atoms with Gasteiger partial charge in [-0.25, -0.2) is 0 Å². The monoisotopic (exact) mass is 355 g/mol. The van der Waals surface area contributed by atoms with Crippen LogP contribution in [-0.4, -0.2) is 60.9 Å². The van der Waals surface area contributed by atoms with Crippen LogP contribution in [0, 0.1) is 0 Å². The Hall–Kier alpha value is -2.60.